The molecular weight excluding hydrogens is 496 g/mol. The molecule has 33 heavy (non-hydrogen) atoms. The summed E-state index contributed by atoms with van der Waals surface area (Å²) in [6, 6.07) is 5.09. The van der Waals surface area contributed by atoms with E-state index in [4.69, 9.17) is 17.3 Å². The number of carboxylic acids is 1. The van der Waals surface area contributed by atoms with Crippen LogP contribution in [0.3, 0.4) is 0 Å². The topological polar surface area (TPSA) is 82.5 Å². The number of aromatic nitrogens is 1. The number of thiocarbonyl (C=S) groups is 1. The third-order valence-electron chi connectivity index (χ3n) is 4.12. The van der Waals surface area contributed by atoms with Gasteiger partial charge < -0.3 is 5.11 Å². The smallest absolute Gasteiger partial charge is 0.416 e. The number of aliphatic carboxylic acids is 1. The summed E-state index contributed by atoms with van der Waals surface area (Å²) in [5.74, 6) is -1.92. The molecule has 1 aromatic heterocycles. The van der Waals surface area contributed by atoms with Crippen LogP contribution in [0.5, 0.6) is 0 Å². The van der Waals surface area contributed by atoms with Gasteiger partial charge in [-0.05, 0) is 36.4 Å². The third-order valence-corrected chi connectivity index (χ3v) is 5.42. The van der Waals surface area contributed by atoms with Crippen LogP contribution >= 0.6 is 24.0 Å². The Morgan fingerprint density at radius 3 is 2.27 bits per heavy atom. The summed E-state index contributed by atoms with van der Waals surface area (Å²) >= 11 is 5.82. The Balaban J connectivity index is 1.97. The Bertz CT molecular complexity index is 1130. The number of alkyl halides is 6. The first-order valence-corrected chi connectivity index (χ1v) is 9.98. The maximum Gasteiger partial charge on any atom is 0.416 e. The van der Waals surface area contributed by atoms with E-state index in [1.807, 2.05) is 0 Å². The van der Waals surface area contributed by atoms with E-state index in [0.717, 1.165) is 16.8 Å². The van der Waals surface area contributed by atoms with Crippen LogP contribution in [0.15, 0.2) is 41.3 Å². The predicted octanol–water partition coefficient (Wildman–Crippen LogP) is 4.58. The normalized spacial score (nSPS) is 16.1. The molecule has 1 amide bonds. The summed E-state index contributed by atoms with van der Waals surface area (Å²) in [4.78, 5) is 27.2. The van der Waals surface area contributed by atoms with Gasteiger partial charge in [0.2, 0.25) is 0 Å². The molecule has 1 aliphatic rings. The van der Waals surface area contributed by atoms with Crippen molar-refractivity contribution in [3.8, 4) is 11.3 Å². The molecule has 0 atom stereocenters. The molecule has 0 unspecified atom stereocenters. The lowest BCUT2D eigenvalue weighted by Gasteiger charge is -2.14. The number of halogens is 6. The number of carbonyl (C=O) groups excluding carboxylic acids is 1. The highest BCUT2D eigenvalue weighted by Crippen LogP contribution is 2.38. The molecule has 1 saturated heterocycles. The number of hydrogen-bond acceptors (Lipinski definition) is 6. The van der Waals surface area contributed by atoms with Gasteiger partial charge >= 0.3 is 18.3 Å². The van der Waals surface area contributed by atoms with Crippen molar-refractivity contribution in [3.05, 3.63) is 58.1 Å². The first kappa shape index (κ1) is 24.7. The number of carbonyl (C=O) groups is 2. The Labute approximate surface area is 191 Å². The standard InChI is InChI=1S/C19H11F6N3O3S2/c20-18(21,22)10-4-9(5-11(6-10)19(23,24)25)13-3-1-2-12(27-13)7-14-16(31)28(17(32)33-14)26-8-15(29)30/h1-7,26H,8H2,(H,29,30). The fourth-order valence-electron chi connectivity index (χ4n) is 2.68. The van der Waals surface area contributed by atoms with Gasteiger partial charge in [0.25, 0.3) is 5.91 Å². The number of amides is 1. The minimum absolute atomic E-state index is 0.0105. The number of nitrogens with zero attached hydrogens (tertiary/aromatic N) is 2. The van der Waals surface area contributed by atoms with Gasteiger partial charge in [0.05, 0.1) is 27.4 Å². The van der Waals surface area contributed by atoms with Crippen LogP contribution in [-0.4, -0.2) is 37.8 Å². The van der Waals surface area contributed by atoms with E-state index in [-0.39, 0.29) is 26.7 Å². The maximum absolute atomic E-state index is 13.1. The van der Waals surface area contributed by atoms with Gasteiger partial charge in [0, 0.05) is 5.56 Å². The molecule has 1 aromatic carbocycles. The number of pyridine rings is 1. The summed E-state index contributed by atoms with van der Waals surface area (Å²) < 4.78 is 78.8. The van der Waals surface area contributed by atoms with Crippen molar-refractivity contribution < 1.29 is 41.0 Å². The zero-order valence-corrected chi connectivity index (χ0v) is 17.6. The van der Waals surface area contributed by atoms with Crippen LogP contribution < -0.4 is 5.43 Å². The van der Waals surface area contributed by atoms with Crippen molar-refractivity contribution in [2.24, 2.45) is 0 Å². The SMILES string of the molecule is O=C(O)CNN1C(=O)C(=Cc2cccc(-c3cc(C(F)(F)F)cc(C(F)(F)F)c3)n2)SC1=S. The minimum atomic E-state index is -5.01. The summed E-state index contributed by atoms with van der Waals surface area (Å²) in [6.45, 7) is -0.579. The zero-order valence-electron chi connectivity index (χ0n) is 16.0. The molecule has 0 radical (unpaired) electrons. The Morgan fingerprint density at radius 2 is 1.73 bits per heavy atom. The molecule has 14 heteroatoms. The number of hydrazine groups is 1. The second-order valence-electron chi connectivity index (χ2n) is 6.49. The van der Waals surface area contributed by atoms with Gasteiger partial charge in [0.15, 0.2) is 4.32 Å². The first-order chi connectivity index (χ1) is 15.3. The van der Waals surface area contributed by atoms with Crippen molar-refractivity contribution in [1.82, 2.24) is 15.4 Å². The molecule has 1 fully saturated rings. The Morgan fingerprint density at radius 1 is 1.12 bits per heavy atom. The van der Waals surface area contributed by atoms with Gasteiger partial charge in [-0.2, -0.15) is 26.3 Å². The van der Waals surface area contributed by atoms with E-state index >= 15 is 0 Å². The quantitative estimate of drug-likeness (QED) is 0.349. The van der Waals surface area contributed by atoms with Crippen molar-refractivity contribution in [2.45, 2.75) is 12.4 Å². The Hall–Kier alpha value is -2.97. The van der Waals surface area contributed by atoms with Gasteiger partial charge in [-0.15, -0.1) is 0 Å². The average Bonchev–Trinajstić information content (AvgIpc) is 2.97. The van der Waals surface area contributed by atoms with E-state index in [9.17, 15) is 35.9 Å². The fourth-order valence-corrected chi connectivity index (χ4v) is 3.88. The summed E-state index contributed by atoms with van der Waals surface area (Å²) in [7, 11) is 0. The van der Waals surface area contributed by atoms with E-state index in [1.165, 1.54) is 24.3 Å². The summed E-state index contributed by atoms with van der Waals surface area (Å²) in [5, 5.41) is 9.55. The third kappa shape index (κ3) is 5.89. The van der Waals surface area contributed by atoms with Crippen LogP contribution in [0.1, 0.15) is 16.8 Å². The van der Waals surface area contributed by atoms with Crippen LogP contribution in [0.25, 0.3) is 17.3 Å². The van der Waals surface area contributed by atoms with Crippen LogP contribution in [0.4, 0.5) is 26.3 Å². The fraction of sp³-hybridized carbons (Fsp3) is 0.158. The molecule has 174 valence electrons. The predicted molar refractivity (Wildman–Crippen MR) is 110 cm³/mol. The van der Waals surface area contributed by atoms with E-state index in [1.54, 1.807) is 0 Å². The van der Waals surface area contributed by atoms with Crippen LogP contribution in [0.2, 0.25) is 0 Å². The number of rotatable bonds is 5. The van der Waals surface area contributed by atoms with Crippen LogP contribution in [0, 0.1) is 0 Å². The maximum atomic E-state index is 13.1. The lowest BCUT2D eigenvalue weighted by atomic mass is 10.0. The Kier molecular flexibility index (Phi) is 6.81. The number of carboxylic acid groups (broad SMARTS) is 1. The molecule has 0 spiro atoms. The number of nitrogens with one attached hydrogen (secondary N) is 1. The largest absolute Gasteiger partial charge is 0.480 e. The molecular formula is C19H11F6N3O3S2. The van der Waals surface area contributed by atoms with Gasteiger partial charge in [0.1, 0.15) is 6.54 Å². The highest BCUT2D eigenvalue weighted by Gasteiger charge is 2.37. The van der Waals surface area contributed by atoms with E-state index in [2.05, 4.69) is 10.4 Å². The average molecular weight is 507 g/mol. The molecule has 6 nitrogen and oxygen atoms in total. The monoisotopic (exact) mass is 507 g/mol. The molecule has 3 rings (SSSR count). The second kappa shape index (κ2) is 9.11. The highest BCUT2D eigenvalue weighted by atomic mass is 32.2. The lowest BCUT2D eigenvalue weighted by molar-refractivity contribution is -0.143. The summed E-state index contributed by atoms with van der Waals surface area (Å²) in [5.41, 5.74) is -1.17. The molecule has 0 aliphatic carbocycles. The number of thioether (sulfide) groups is 1. The van der Waals surface area contributed by atoms with Crippen molar-refractivity contribution in [1.29, 1.82) is 0 Å². The van der Waals surface area contributed by atoms with Crippen LogP contribution in [-0.2, 0) is 21.9 Å². The van der Waals surface area contributed by atoms with Gasteiger partial charge in [-0.25, -0.2) is 15.4 Å². The highest BCUT2D eigenvalue weighted by molar-refractivity contribution is 8.26. The lowest BCUT2D eigenvalue weighted by Crippen LogP contribution is -2.43. The second-order valence-corrected chi connectivity index (χ2v) is 8.16. The van der Waals surface area contributed by atoms with Crippen molar-refractivity contribution in [2.75, 3.05) is 6.54 Å². The number of hydrogen-bond donors (Lipinski definition) is 2. The molecule has 2 N–H and O–H groups in total. The van der Waals surface area contributed by atoms with Gasteiger partial charge in [-0.3, -0.25) is 9.59 Å². The van der Waals surface area contributed by atoms with E-state index < -0.39 is 47.5 Å². The zero-order chi connectivity index (χ0) is 24.6. The number of benzene rings is 1. The van der Waals surface area contributed by atoms with Gasteiger partial charge in [-0.1, -0.05) is 30.0 Å². The molecule has 1 aliphatic heterocycles. The van der Waals surface area contributed by atoms with Crippen molar-refractivity contribution >= 4 is 46.3 Å². The van der Waals surface area contributed by atoms with Crippen molar-refractivity contribution in [3.63, 3.8) is 0 Å². The first-order valence-electron chi connectivity index (χ1n) is 8.76. The molecule has 0 bridgehead atoms. The molecule has 2 heterocycles. The summed E-state index contributed by atoms with van der Waals surface area (Å²) in [6.07, 6.45) is -8.78. The minimum Gasteiger partial charge on any atom is -0.480 e. The van der Waals surface area contributed by atoms with E-state index in [0.29, 0.717) is 12.1 Å². The molecule has 2 aromatic rings. The molecule has 0 saturated carbocycles.